The second-order valence-corrected chi connectivity index (χ2v) is 4.51. The molecule has 0 radical (unpaired) electrons. The highest BCUT2D eigenvalue weighted by Crippen LogP contribution is 2.60. The average molecular weight is 406 g/mol. The summed E-state index contributed by atoms with van der Waals surface area (Å²) in [5, 5.41) is 0. The largest absolute Gasteiger partial charge is 0.460 e. The fraction of sp³-hybridized carbons (Fsp3) is 0.900. The van der Waals surface area contributed by atoms with Crippen molar-refractivity contribution in [1.29, 1.82) is 0 Å². The molecule has 0 spiro atoms. The first kappa shape index (κ1) is 23.7. The zero-order chi connectivity index (χ0) is 20.5. The van der Waals surface area contributed by atoms with Crippen molar-refractivity contribution in [3.8, 4) is 0 Å². The Morgan fingerprint density at radius 2 is 1.04 bits per heavy atom. The number of hydrogen-bond acceptors (Lipinski definition) is 2. The number of alkyl halides is 13. The smallest absolute Gasteiger partial charge is 0.374 e. The van der Waals surface area contributed by atoms with Crippen LogP contribution in [-0.4, -0.2) is 55.3 Å². The molecule has 150 valence electrons. The van der Waals surface area contributed by atoms with Gasteiger partial charge in [-0.3, -0.25) is 0 Å². The lowest BCUT2D eigenvalue weighted by Crippen LogP contribution is -2.70. The summed E-state index contributed by atoms with van der Waals surface area (Å²) < 4.78 is 168. The normalized spacial score (nSPS) is 15.4. The van der Waals surface area contributed by atoms with Gasteiger partial charge in [0.25, 0.3) is 0 Å². The van der Waals surface area contributed by atoms with Crippen LogP contribution in [0, 0.1) is 0 Å². The van der Waals surface area contributed by atoms with Crippen LogP contribution in [0.4, 0.5) is 57.1 Å². The van der Waals surface area contributed by atoms with Gasteiger partial charge < -0.3 is 9.53 Å². The van der Waals surface area contributed by atoms with Crippen LogP contribution in [0.25, 0.3) is 0 Å². The molecule has 0 unspecified atom stereocenters. The number of ether oxygens (including phenoxy) is 1. The van der Waals surface area contributed by atoms with Crippen LogP contribution in [0.15, 0.2) is 0 Å². The predicted octanol–water partition coefficient (Wildman–Crippen LogP) is 4.33. The molecule has 0 bridgehead atoms. The standard InChI is InChI=1S/C10H7F13O2/c11-5(12,4-25-3-1-2-24)6(13,14)7(15,16)8(17,18)9(19,20)10(21,22)23/h2H,1,3-4H2. The van der Waals surface area contributed by atoms with Crippen LogP contribution >= 0.6 is 0 Å². The Balaban J connectivity index is 5.82. The molecule has 0 aromatic heterocycles. The molecule has 0 amide bonds. The second-order valence-electron chi connectivity index (χ2n) is 4.51. The van der Waals surface area contributed by atoms with Crippen molar-refractivity contribution >= 4 is 6.29 Å². The molecule has 0 aliphatic carbocycles. The summed E-state index contributed by atoms with van der Waals surface area (Å²) in [5.74, 6) is -37.1. The summed E-state index contributed by atoms with van der Waals surface area (Å²) in [6.45, 7) is -3.81. The van der Waals surface area contributed by atoms with E-state index in [-0.39, 0.29) is 6.29 Å². The van der Waals surface area contributed by atoms with E-state index in [0.717, 1.165) is 0 Å². The van der Waals surface area contributed by atoms with E-state index < -0.39 is 55.4 Å². The lowest BCUT2D eigenvalue weighted by atomic mass is 9.94. The van der Waals surface area contributed by atoms with Crippen molar-refractivity contribution in [2.75, 3.05) is 13.2 Å². The Morgan fingerprint density at radius 3 is 1.40 bits per heavy atom. The van der Waals surface area contributed by atoms with Crippen LogP contribution in [0.5, 0.6) is 0 Å². The molecule has 0 rings (SSSR count). The summed E-state index contributed by atoms with van der Waals surface area (Å²) in [4.78, 5) is 9.80. The minimum Gasteiger partial charge on any atom is -0.374 e. The lowest BCUT2D eigenvalue weighted by Gasteiger charge is -2.39. The molecule has 0 heterocycles. The first-order chi connectivity index (χ1) is 10.8. The summed E-state index contributed by atoms with van der Waals surface area (Å²) in [7, 11) is 0. The summed E-state index contributed by atoms with van der Waals surface area (Å²) in [6, 6.07) is 0. The maximum atomic E-state index is 13.1. The van der Waals surface area contributed by atoms with Crippen molar-refractivity contribution in [1.82, 2.24) is 0 Å². The number of carbonyl (C=O) groups excluding carboxylic acids is 1. The van der Waals surface area contributed by atoms with E-state index in [9.17, 15) is 61.9 Å². The minimum atomic E-state index is -7.92. The van der Waals surface area contributed by atoms with Crippen molar-refractivity contribution in [3.63, 3.8) is 0 Å². The number of halogens is 13. The Morgan fingerprint density at radius 1 is 0.640 bits per heavy atom. The molecule has 0 saturated heterocycles. The lowest BCUT2D eigenvalue weighted by molar-refractivity contribution is -0.441. The van der Waals surface area contributed by atoms with Gasteiger partial charge in [-0.1, -0.05) is 0 Å². The Hall–Kier alpha value is -1.28. The fourth-order valence-corrected chi connectivity index (χ4v) is 1.22. The van der Waals surface area contributed by atoms with Gasteiger partial charge in [0.2, 0.25) is 0 Å². The van der Waals surface area contributed by atoms with Crippen molar-refractivity contribution in [2.24, 2.45) is 0 Å². The zero-order valence-electron chi connectivity index (χ0n) is 11.4. The van der Waals surface area contributed by atoms with E-state index in [2.05, 4.69) is 4.74 Å². The Labute approximate surface area is 129 Å². The maximum Gasteiger partial charge on any atom is 0.460 e. The Bertz CT molecular complexity index is 468. The van der Waals surface area contributed by atoms with Gasteiger partial charge in [0.15, 0.2) is 0 Å². The van der Waals surface area contributed by atoms with E-state index in [0.29, 0.717) is 0 Å². The molecule has 0 aromatic rings. The van der Waals surface area contributed by atoms with Gasteiger partial charge >= 0.3 is 35.8 Å². The van der Waals surface area contributed by atoms with E-state index in [4.69, 9.17) is 0 Å². The van der Waals surface area contributed by atoms with Crippen molar-refractivity contribution < 1.29 is 66.6 Å². The topological polar surface area (TPSA) is 26.3 Å². The van der Waals surface area contributed by atoms with Crippen LogP contribution < -0.4 is 0 Å². The second kappa shape index (κ2) is 6.79. The molecule has 0 fully saturated rings. The molecule has 0 atom stereocenters. The van der Waals surface area contributed by atoms with Gasteiger partial charge in [0.1, 0.15) is 12.9 Å². The number of hydrogen-bond donors (Lipinski definition) is 0. The molecule has 25 heavy (non-hydrogen) atoms. The molecule has 0 aliphatic rings. The molecule has 0 aromatic carbocycles. The third kappa shape index (κ3) is 3.79. The van der Waals surface area contributed by atoms with Gasteiger partial charge in [-0.25, -0.2) is 0 Å². The van der Waals surface area contributed by atoms with Crippen LogP contribution in [0.3, 0.4) is 0 Å². The van der Waals surface area contributed by atoms with E-state index in [1.165, 1.54) is 0 Å². The molecule has 0 aliphatic heterocycles. The van der Waals surface area contributed by atoms with Crippen LogP contribution in [0.2, 0.25) is 0 Å². The van der Waals surface area contributed by atoms with E-state index in [1.54, 1.807) is 0 Å². The minimum absolute atomic E-state index is 0.00290. The SMILES string of the molecule is O=CCCOCC(F)(F)C(F)(F)C(F)(F)C(F)(F)C(F)(F)C(F)(F)F. The van der Waals surface area contributed by atoms with E-state index in [1.807, 2.05) is 0 Å². The Kier molecular flexibility index (Phi) is 6.45. The maximum absolute atomic E-state index is 13.1. The van der Waals surface area contributed by atoms with Gasteiger partial charge in [-0.15, -0.1) is 0 Å². The van der Waals surface area contributed by atoms with Gasteiger partial charge in [-0.2, -0.15) is 57.1 Å². The van der Waals surface area contributed by atoms with Gasteiger partial charge in [0, 0.05) is 6.42 Å². The zero-order valence-corrected chi connectivity index (χ0v) is 11.4. The summed E-state index contributed by atoms with van der Waals surface area (Å²) >= 11 is 0. The highest BCUT2D eigenvalue weighted by atomic mass is 19.4. The first-order valence-corrected chi connectivity index (χ1v) is 5.78. The number of aldehydes is 1. The van der Waals surface area contributed by atoms with Crippen LogP contribution in [0.1, 0.15) is 6.42 Å². The van der Waals surface area contributed by atoms with Gasteiger partial charge in [0.05, 0.1) is 6.61 Å². The summed E-state index contributed by atoms with van der Waals surface area (Å²) in [5.41, 5.74) is 0. The molecule has 0 N–H and O–H groups in total. The van der Waals surface area contributed by atoms with E-state index >= 15 is 0 Å². The predicted molar refractivity (Wildman–Crippen MR) is 52.3 cm³/mol. The third-order valence-corrected chi connectivity index (χ3v) is 2.66. The molecule has 15 heteroatoms. The molecular weight excluding hydrogens is 399 g/mol. The highest BCUT2D eigenvalue weighted by molar-refractivity contribution is 5.49. The fourth-order valence-electron chi connectivity index (χ4n) is 1.22. The third-order valence-electron chi connectivity index (χ3n) is 2.66. The highest BCUT2D eigenvalue weighted by Gasteiger charge is 2.90. The van der Waals surface area contributed by atoms with Crippen molar-refractivity contribution in [2.45, 2.75) is 42.2 Å². The van der Waals surface area contributed by atoms with Crippen LogP contribution in [-0.2, 0) is 9.53 Å². The van der Waals surface area contributed by atoms with Gasteiger partial charge in [-0.05, 0) is 0 Å². The number of rotatable bonds is 9. The monoisotopic (exact) mass is 406 g/mol. The number of carbonyl (C=O) groups is 1. The molecule has 0 saturated carbocycles. The molecule has 2 nitrogen and oxygen atoms in total. The van der Waals surface area contributed by atoms with Crippen molar-refractivity contribution in [3.05, 3.63) is 0 Å². The first-order valence-electron chi connectivity index (χ1n) is 5.78. The summed E-state index contributed by atoms with van der Waals surface area (Å²) in [6.07, 6.45) is -8.14. The molecular formula is C10H7F13O2. The quantitative estimate of drug-likeness (QED) is 0.324. The average Bonchev–Trinajstić information content (AvgIpc) is 2.41.